The Morgan fingerprint density at radius 3 is 2.61 bits per heavy atom. The van der Waals surface area contributed by atoms with Gasteiger partial charge in [-0.15, -0.1) is 0 Å². The average Bonchev–Trinajstić information content (AvgIpc) is 3.24. The van der Waals surface area contributed by atoms with Crippen LogP contribution in [0, 0.1) is 6.92 Å². The van der Waals surface area contributed by atoms with E-state index < -0.39 is 23.6 Å². The minimum atomic E-state index is -4.88. The predicted octanol–water partition coefficient (Wildman–Crippen LogP) is 6.07. The Balaban J connectivity index is 1.88. The summed E-state index contributed by atoms with van der Waals surface area (Å²) in [6, 6.07) is 12.6. The van der Waals surface area contributed by atoms with Crippen LogP contribution in [0.5, 0.6) is 5.75 Å². The first-order chi connectivity index (χ1) is 15.6. The van der Waals surface area contributed by atoms with Gasteiger partial charge in [0.2, 0.25) is 0 Å². The molecule has 0 aliphatic carbocycles. The molecule has 8 heteroatoms. The molecule has 2 unspecified atom stereocenters. The van der Waals surface area contributed by atoms with Crippen LogP contribution in [0.3, 0.4) is 0 Å². The molecule has 0 saturated carbocycles. The van der Waals surface area contributed by atoms with Crippen molar-refractivity contribution in [3.63, 3.8) is 0 Å². The summed E-state index contributed by atoms with van der Waals surface area (Å²) in [6.45, 7) is 5.89. The third-order valence-electron chi connectivity index (χ3n) is 5.83. The van der Waals surface area contributed by atoms with Crippen LogP contribution < -0.4 is 10.1 Å². The molecule has 33 heavy (non-hydrogen) atoms. The molecule has 0 fully saturated rings. The second-order valence-corrected chi connectivity index (χ2v) is 10.2. The van der Waals surface area contributed by atoms with Crippen LogP contribution in [0.2, 0.25) is 0 Å². The molecule has 2 atom stereocenters. The lowest BCUT2D eigenvalue weighted by molar-refractivity contribution is -0.256. The van der Waals surface area contributed by atoms with Crippen LogP contribution in [-0.2, 0) is 6.42 Å². The first-order valence-electron chi connectivity index (χ1n) is 10.9. The summed E-state index contributed by atoms with van der Waals surface area (Å²) in [5, 5.41) is 15.0. The van der Waals surface area contributed by atoms with E-state index in [1.807, 2.05) is 45.0 Å². The van der Waals surface area contributed by atoms with Gasteiger partial charge in [-0.3, -0.25) is 4.98 Å². The first-order valence-corrected chi connectivity index (χ1v) is 11.9. The number of nitrogens with zero attached hydrogens (tertiary/aromatic N) is 1. The minimum absolute atomic E-state index is 0.0815. The van der Waals surface area contributed by atoms with Crippen LogP contribution >= 0.6 is 11.8 Å². The second-order valence-electron chi connectivity index (χ2n) is 8.62. The van der Waals surface area contributed by atoms with Crippen LogP contribution in [-0.4, -0.2) is 39.5 Å². The zero-order valence-corrected chi connectivity index (χ0v) is 19.6. The molecule has 0 amide bonds. The summed E-state index contributed by atoms with van der Waals surface area (Å²) in [5.74, 6) is -0.0983. The largest absolute Gasteiger partial charge is 0.493 e. The van der Waals surface area contributed by atoms with E-state index in [0.29, 0.717) is 40.9 Å². The average molecular weight is 477 g/mol. The van der Waals surface area contributed by atoms with E-state index in [9.17, 15) is 18.3 Å². The van der Waals surface area contributed by atoms with Gasteiger partial charge in [0.25, 0.3) is 0 Å². The fraction of sp³-hybridized carbons (Fsp3) is 0.400. The lowest BCUT2D eigenvalue weighted by Gasteiger charge is -2.39. The standard InChI is InChI=1S/C25H27F3N2O2S/c1-15(2)33-14-24(31,25(26,27)28)23(19-7-4-6-17-12-13-32-22(17)19)30-21-9-5-8-20-18(21)11-10-16(3)29-20/h4-11,15,23,30-31H,12-14H2,1-3H3. The maximum atomic E-state index is 14.6. The Morgan fingerprint density at radius 1 is 1.12 bits per heavy atom. The van der Waals surface area contributed by atoms with E-state index in [2.05, 4.69) is 10.3 Å². The summed E-state index contributed by atoms with van der Waals surface area (Å²) in [6.07, 6.45) is -4.26. The van der Waals surface area contributed by atoms with Crippen molar-refractivity contribution in [1.29, 1.82) is 0 Å². The van der Waals surface area contributed by atoms with Gasteiger partial charge in [0, 0.05) is 34.5 Å². The molecular formula is C25H27F3N2O2S. The molecule has 0 bridgehead atoms. The normalized spacial score (nSPS) is 16.4. The number of ether oxygens (including phenoxy) is 1. The number of aryl methyl sites for hydroxylation is 1. The quantitative estimate of drug-likeness (QED) is 0.434. The molecule has 1 aliphatic heterocycles. The van der Waals surface area contributed by atoms with Gasteiger partial charge in [-0.05, 0) is 42.0 Å². The Hall–Kier alpha value is -2.45. The maximum Gasteiger partial charge on any atom is 0.420 e. The highest BCUT2D eigenvalue weighted by molar-refractivity contribution is 7.99. The Kier molecular flexibility index (Phi) is 6.51. The molecule has 2 N–H and O–H groups in total. The zero-order valence-electron chi connectivity index (χ0n) is 18.7. The number of aliphatic hydroxyl groups is 1. The second kappa shape index (κ2) is 9.06. The molecule has 1 aromatic heterocycles. The fourth-order valence-corrected chi connectivity index (χ4v) is 5.00. The summed E-state index contributed by atoms with van der Waals surface area (Å²) in [7, 11) is 0. The van der Waals surface area contributed by atoms with Gasteiger partial charge in [0.1, 0.15) is 5.75 Å². The third-order valence-corrected chi connectivity index (χ3v) is 7.11. The van der Waals surface area contributed by atoms with Gasteiger partial charge in [0.05, 0.1) is 18.2 Å². The summed E-state index contributed by atoms with van der Waals surface area (Å²) >= 11 is 1.07. The topological polar surface area (TPSA) is 54.4 Å². The number of aromatic nitrogens is 1. The number of hydrogen-bond donors (Lipinski definition) is 2. The number of benzene rings is 2. The summed E-state index contributed by atoms with van der Waals surface area (Å²) < 4.78 is 49.4. The molecule has 2 aromatic carbocycles. The van der Waals surface area contributed by atoms with Crippen molar-refractivity contribution in [1.82, 2.24) is 4.98 Å². The van der Waals surface area contributed by atoms with Crippen molar-refractivity contribution >= 4 is 28.4 Å². The Bertz CT molecular complexity index is 1150. The van der Waals surface area contributed by atoms with Crippen molar-refractivity contribution < 1.29 is 23.0 Å². The molecule has 4 nitrogen and oxygen atoms in total. The third kappa shape index (κ3) is 4.64. The van der Waals surface area contributed by atoms with Gasteiger partial charge in [-0.1, -0.05) is 38.1 Å². The van der Waals surface area contributed by atoms with Gasteiger partial charge in [0.15, 0.2) is 5.60 Å². The molecular weight excluding hydrogens is 449 g/mol. The van der Waals surface area contributed by atoms with Gasteiger partial charge in [-0.2, -0.15) is 24.9 Å². The van der Waals surface area contributed by atoms with Crippen molar-refractivity contribution in [2.45, 2.75) is 50.3 Å². The first kappa shape index (κ1) is 23.7. The molecule has 4 rings (SSSR count). The number of rotatable bonds is 7. The number of para-hydroxylation sites is 1. The highest BCUT2D eigenvalue weighted by Crippen LogP contribution is 2.48. The number of halogens is 3. The van der Waals surface area contributed by atoms with E-state index >= 15 is 0 Å². The van der Waals surface area contributed by atoms with E-state index in [-0.39, 0.29) is 5.25 Å². The number of pyridine rings is 1. The van der Waals surface area contributed by atoms with Crippen LogP contribution in [0.1, 0.15) is 36.7 Å². The number of fused-ring (bicyclic) bond motifs is 2. The van der Waals surface area contributed by atoms with E-state index in [4.69, 9.17) is 4.74 Å². The molecule has 176 valence electrons. The Labute approximate surface area is 195 Å². The molecule has 1 aliphatic rings. The monoisotopic (exact) mass is 476 g/mol. The Morgan fingerprint density at radius 2 is 1.88 bits per heavy atom. The smallest absolute Gasteiger partial charge is 0.420 e. The number of alkyl halides is 3. The van der Waals surface area contributed by atoms with Crippen molar-refractivity contribution in [2.75, 3.05) is 17.7 Å². The predicted molar refractivity (Wildman–Crippen MR) is 127 cm³/mol. The SMILES string of the molecule is Cc1ccc2c(NC(c3cccc4c3OCC4)C(O)(CSC(C)C)C(F)(F)F)cccc2n1. The van der Waals surface area contributed by atoms with E-state index in [1.165, 1.54) is 0 Å². The van der Waals surface area contributed by atoms with E-state index in [0.717, 1.165) is 23.0 Å². The summed E-state index contributed by atoms with van der Waals surface area (Å²) in [4.78, 5) is 4.49. The molecule has 0 radical (unpaired) electrons. The maximum absolute atomic E-state index is 14.6. The zero-order chi connectivity index (χ0) is 23.8. The number of nitrogens with one attached hydrogen (secondary N) is 1. The lowest BCUT2D eigenvalue weighted by atomic mass is 9.87. The van der Waals surface area contributed by atoms with Gasteiger partial charge < -0.3 is 15.2 Å². The molecule has 3 aromatic rings. The van der Waals surface area contributed by atoms with Gasteiger partial charge in [-0.25, -0.2) is 0 Å². The lowest BCUT2D eigenvalue weighted by Crippen LogP contribution is -2.55. The van der Waals surface area contributed by atoms with Crippen LogP contribution in [0.15, 0.2) is 48.5 Å². The van der Waals surface area contributed by atoms with E-state index in [1.54, 1.807) is 24.3 Å². The van der Waals surface area contributed by atoms with Crippen molar-refractivity contribution in [3.05, 3.63) is 65.4 Å². The fourth-order valence-electron chi connectivity index (χ4n) is 4.08. The van der Waals surface area contributed by atoms with Crippen molar-refractivity contribution in [2.24, 2.45) is 0 Å². The van der Waals surface area contributed by atoms with Crippen molar-refractivity contribution in [3.8, 4) is 5.75 Å². The number of hydrogen-bond acceptors (Lipinski definition) is 5. The number of anilines is 1. The number of thioether (sulfide) groups is 1. The summed E-state index contributed by atoms with van der Waals surface area (Å²) in [5.41, 5.74) is 0.0502. The highest BCUT2D eigenvalue weighted by Gasteiger charge is 2.59. The van der Waals surface area contributed by atoms with Crippen LogP contribution in [0.25, 0.3) is 10.9 Å². The molecule has 0 saturated heterocycles. The molecule has 0 spiro atoms. The van der Waals surface area contributed by atoms with Gasteiger partial charge >= 0.3 is 6.18 Å². The highest BCUT2D eigenvalue weighted by atomic mass is 32.2. The minimum Gasteiger partial charge on any atom is -0.493 e. The van der Waals surface area contributed by atoms with Crippen LogP contribution in [0.4, 0.5) is 18.9 Å². The molecule has 2 heterocycles.